The molecule has 1 heterocycles. The van der Waals surface area contributed by atoms with Crippen LogP contribution >= 0.6 is 23.2 Å². The van der Waals surface area contributed by atoms with Crippen LogP contribution in [0.25, 0.3) is 0 Å². The quantitative estimate of drug-likeness (QED) is 0.676. The van der Waals surface area contributed by atoms with E-state index in [1.165, 1.54) is 18.2 Å². The van der Waals surface area contributed by atoms with Crippen LogP contribution in [0.5, 0.6) is 17.2 Å². The van der Waals surface area contributed by atoms with Crippen LogP contribution in [0.3, 0.4) is 0 Å². The molecular formula is C18H11Cl2F3O6. The van der Waals surface area contributed by atoms with Crippen LogP contribution in [-0.4, -0.2) is 34.4 Å². The summed E-state index contributed by atoms with van der Waals surface area (Å²) in [6, 6.07) is 5.99. The predicted octanol–water partition coefficient (Wildman–Crippen LogP) is 5.05. The number of benzene rings is 2. The maximum absolute atomic E-state index is 13.2. The van der Waals surface area contributed by atoms with Gasteiger partial charge in [-0.05, 0) is 36.2 Å². The summed E-state index contributed by atoms with van der Waals surface area (Å²) in [7, 11) is 0. The Hall–Kier alpha value is -2.65. The van der Waals surface area contributed by atoms with Crippen LogP contribution in [0.15, 0.2) is 30.3 Å². The van der Waals surface area contributed by atoms with E-state index >= 15 is 0 Å². The van der Waals surface area contributed by atoms with Crippen LogP contribution in [0.4, 0.5) is 13.2 Å². The third-order valence-electron chi connectivity index (χ3n) is 4.21. The Morgan fingerprint density at radius 2 is 1.72 bits per heavy atom. The van der Waals surface area contributed by atoms with Gasteiger partial charge in [0, 0.05) is 6.07 Å². The first-order chi connectivity index (χ1) is 13.5. The Kier molecular flexibility index (Phi) is 5.55. The summed E-state index contributed by atoms with van der Waals surface area (Å²) < 4.78 is 50.1. The second kappa shape index (κ2) is 7.64. The number of aliphatic carboxylic acids is 1. The SMILES string of the molecule is O=C(O)c1ccc(Oc2cc3c(cc2Cl)CC(C(=O)O)C(C(F)(F)F)O3)c(Cl)c1. The van der Waals surface area contributed by atoms with E-state index in [1.807, 2.05) is 0 Å². The lowest BCUT2D eigenvalue weighted by Crippen LogP contribution is -2.47. The molecule has 0 radical (unpaired) electrons. The van der Waals surface area contributed by atoms with Gasteiger partial charge in [0.25, 0.3) is 0 Å². The molecule has 0 saturated carbocycles. The Bertz CT molecular complexity index is 992. The van der Waals surface area contributed by atoms with Crippen molar-refractivity contribution in [1.29, 1.82) is 0 Å². The number of carbonyl (C=O) groups is 2. The van der Waals surface area contributed by atoms with Gasteiger partial charge in [0.15, 0.2) is 0 Å². The minimum atomic E-state index is -4.89. The lowest BCUT2D eigenvalue weighted by atomic mass is 9.90. The second-order valence-electron chi connectivity index (χ2n) is 6.17. The van der Waals surface area contributed by atoms with Gasteiger partial charge >= 0.3 is 18.1 Å². The predicted molar refractivity (Wildman–Crippen MR) is 95.2 cm³/mol. The molecule has 11 heteroatoms. The molecule has 0 aliphatic carbocycles. The fourth-order valence-electron chi connectivity index (χ4n) is 2.83. The molecule has 2 atom stereocenters. The van der Waals surface area contributed by atoms with Crippen molar-refractivity contribution in [3.8, 4) is 17.2 Å². The first-order valence-corrected chi connectivity index (χ1v) is 8.72. The monoisotopic (exact) mass is 450 g/mol. The molecule has 2 aromatic rings. The van der Waals surface area contributed by atoms with Crippen molar-refractivity contribution >= 4 is 35.1 Å². The maximum atomic E-state index is 13.2. The van der Waals surface area contributed by atoms with E-state index < -0.39 is 36.6 Å². The zero-order valence-electron chi connectivity index (χ0n) is 14.2. The molecule has 1 aliphatic heterocycles. The molecule has 1 aliphatic rings. The molecular weight excluding hydrogens is 440 g/mol. The van der Waals surface area contributed by atoms with E-state index in [1.54, 1.807) is 0 Å². The molecule has 2 aromatic carbocycles. The number of halogens is 5. The molecule has 2 N–H and O–H groups in total. The molecule has 0 saturated heterocycles. The van der Waals surface area contributed by atoms with Gasteiger partial charge in [-0.15, -0.1) is 0 Å². The lowest BCUT2D eigenvalue weighted by Gasteiger charge is -2.32. The zero-order chi connectivity index (χ0) is 21.5. The topological polar surface area (TPSA) is 93.1 Å². The Balaban J connectivity index is 1.95. The normalized spacial score (nSPS) is 18.5. The summed E-state index contributed by atoms with van der Waals surface area (Å²) in [5.41, 5.74) is 0.0949. The van der Waals surface area contributed by atoms with Gasteiger partial charge in [-0.1, -0.05) is 23.2 Å². The number of alkyl halides is 3. The molecule has 0 fully saturated rings. The summed E-state index contributed by atoms with van der Waals surface area (Å²) in [6.07, 6.45) is -7.85. The number of ether oxygens (including phenoxy) is 2. The van der Waals surface area contributed by atoms with E-state index in [9.17, 15) is 22.8 Å². The average Bonchev–Trinajstić information content (AvgIpc) is 2.61. The van der Waals surface area contributed by atoms with Gasteiger partial charge in [-0.25, -0.2) is 4.79 Å². The van der Waals surface area contributed by atoms with Gasteiger partial charge < -0.3 is 19.7 Å². The highest BCUT2D eigenvalue weighted by Gasteiger charge is 2.52. The highest BCUT2D eigenvalue weighted by molar-refractivity contribution is 6.33. The first-order valence-electron chi connectivity index (χ1n) is 7.96. The minimum absolute atomic E-state index is 0.0136. The summed E-state index contributed by atoms with van der Waals surface area (Å²) in [4.78, 5) is 22.2. The van der Waals surface area contributed by atoms with Crippen molar-refractivity contribution in [2.75, 3.05) is 0 Å². The van der Waals surface area contributed by atoms with E-state index in [-0.39, 0.29) is 38.4 Å². The first kappa shape index (κ1) is 21.1. The van der Waals surface area contributed by atoms with E-state index in [0.29, 0.717) is 0 Å². The van der Waals surface area contributed by atoms with Crippen LogP contribution in [-0.2, 0) is 11.2 Å². The smallest absolute Gasteiger partial charge is 0.426 e. The summed E-state index contributed by atoms with van der Waals surface area (Å²) >= 11 is 12.1. The fourth-order valence-corrected chi connectivity index (χ4v) is 3.28. The Morgan fingerprint density at radius 1 is 1.07 bits per heavy atom. The molecule has 0 bridgehead atoms. The molecule has 29 heavy (non-hydrogen) atoms. The number of fused-ring (bicyclic) bond motifs is 1. The highest BCUT2D eigenvalue weighted by atomic mass is 35.5. The second-order valence-corrected chi connectivity index (χ2v) is 6.99. The minimum Gasteiger partial charge on any atom is -0.481 e. The third-order valence-corrected chi connectivity index (χ3v) is 4.80. The number of carboxylic acid groups (broad SMARTS) is 2. The molecule has 6 nitrogen and oxygen atoms in total. The molecule has 0 spiro atoms. The van der Waals surface area contributed by atoms with Crippen LogP contribution in [0.2, 0.25) is 10.0 Å². The summed E-state index contributed by atoms with van der Waals surface area (Å²) in [5, 5.41) is 18.0. The van der Waals surface area contributed by atoms with Crippen molar-refractivity contribution < 1.29 is 42.4 Å². The van der Waals surface area contributed by atoms with Crippen molar-refractivity contribution in [3.05, 3.63) is 51.5 Å². The number of hydrogen-bond donors (Lipinski definition) is 2. The van der Waals surface area contributed by atoms with Gasteiger partial charge in [0.05, 0.1) is 15.6 Å². The number of hydrogen-bond acceptors (Lipinski definition) is 4. The molecule has 154 valence electrons. The lowest BCUT2D eigenvalue weighted by molar-refractivity contribution is -0.217. The Labute approximate surface area is 171 Å². The molecule has 0 aromatic heterocycles. The zero-order valence-corrected chi connectivity index (χ0v) is 15.7. The number of aromatic carboxylic acids is 1. The van der Waals surface area contributed by atoms with Crippen molar-refractivity contribution in [1.82, 2.24) is 0 Å². The van der Waals surface area contributed by atoms with Gasteiger partial charge in [-0.2, -0.15) is 13.2 Å². The molecule has 2 unspecified atom stereocenters. The third kappa shape index (κ3) is 4.35. The Morgan fingerprint density at radius 3 is 2.28 bits per heavy atom. The van der Waals surface area contributed by atoms with Gasteiger partial charge in [0.1, 0.15) is 23.2 Å². The summed E-state index contributed by atoms with van der Waals surface area (Å²) in [6.45, 7) is 0. The largest absolute Gasteiger partial charge is 0.481 e. The van der Waals surface area contributed by atoms with Crippen LogP contribution in [0.1, 0.15) is 15.9 Å². The van der Waals surface area contributed by atoms with Gasteiger partial charge in [-0.3, -0.25) is 4.79 Å². The van der Waals surface area contributed by atoms with E-state index in [0.717, 1.165) is 12.1 Å². The summed E-state index contributed by atoms with van der Waals surface area (Å²) in [5.74, 6) is -4.95. The molecule has 0 amide bonds. The average molecular weight is 451 g/mol. The van der Waals surface area contributed by atoms with Crippen LogP contribution in [0, 0.1) is 5.92 Å². The number of carboxylic acids is 2. The highest BCUT2D eigenvalue weighted by Crippen LogP contribution is 2.44. The van der Waals surface area contributed by atoms with Gasteiger partial charge in [0.2, 0.25) is 6.10 Å². The van der Waals surface area contributed by atoms with Crippen LogP contribution < -0.4 is 9.47 Å². The number of rotatable bonds is 4. The molecule has 3 rings (SSSR count). The van der Waals surface area contributed by atoms with Crippen molar-refractivity contribution in [2.45, 2.75) is 18.7 Å². The van der Waals surface area contributed by atoms with Crippen molar-refractivity contribution in [3.63, 3.8) is 0 Å². The maximum Gasteiger partial charge on any atom is 0.426 e. The van der Waals surface area contributed by atoms with E-state index in [4.69, 9.17) is 42.9 Å². The van der Waals surface area contributed by atoms with Crippen molar-refractivity contribution in [2.24, 2.45) is 5.92 Å². The fraction of sp³-hybridized carbons (Fsp3) is 0.222. The van der Waals surface area contributed by atoms with E-state index in [2.05, 4.69) is 0 Å². The standard InChI is InChI=1S/C18H11Cl2F3O6/c19-10-4-7(16(24)25)1-2-12(10)28-14-6-13-8(5-11(14)20)3-9(17(26)27)15(29-13)18(21,22)23/h1-2,4-6,9,15H,3H2,(H,24,25)(H,26,27).